The summed E-state index contributed by atoms with van der Waals surface area (Å²) in [6.45, 7) is 7.49. The molecule has 2 aromatic rings. The van der Waals surface area contributed by atoms with Gasteiger partial charge in [-0.2, -0.15) is 5.10 Å². The van der Waals surface area contributed by atoms with E-state index in [1.165, 1.54) is 0 Å². The maximum absolute atomic E-state index is 13.1. The second-order valence-corrected chi connectivity index (χ2v) is 8.22. The van der Waals surface area contributed by atoms with Gasteiger partial charge in [-0.3, -0.25) is 4.79 Å². The Morgan fingerprint density at radius 1 is 1.24 bits per heavy atom. The van der Waals surface area contributed by atoms with E-state index in [1.54, 1.807) is 18.0 Å². The van der Waals surface area contributed by atoms with Crippen molar-refractivity contribution in [3.8, 4) is 0 Å². The molecule has 0 unspecified atom stereocenters. The number of likely N-dealkylation sites (tertiary alicyclic amines) is 1. The molecule has 4 rings (SSSR count). The van der Waals surface area contributed by atoms with Gasteiger partial charge in [-0.1, -0.05) is 0 Å². The second kappa shape index (κ2) is 8.00. The fourth-order valence-corrected chi connectivity index (χ4v) is 3.88. The van der Waals surface area contributed by atoms with Crippen molar-refractivity contribution in [1.29, 1.82) is 0 Å². The molecule has 1 aliphatic carbocycles. The van der Waals surface area contributed by atoms with E-state index in [0.717, 1.165) is 42.4 Å². The van der Waals surface area contributed by atoms with Crippen molar-refractivity contribution >= 4 is 23.0 Å². The van der Waals surface area contributed by atoms with Gasteiger partial charge in [0.25, 0.3) is 5.91 Å². The number of amides is 2. The van der Waals surface area contributed by atoms with Crippen molar-refractivity contribution in [1.82, 2.24) is 25.0 Å². The maximum Gasteiger partial charge on any atom is 0.409 e. The number of hydrogen-bond donors (Lipinski definition) is 1. The summed E-state index contributed by atoms with van der Waals surface area (Å²) in [5, 5.41) is 8.43. The number of piperidine rings is 1. The quantitative estimate of drug-likeness (QED) is 0.834. The Labute approximate surface area is 170 Å². The molecule has 1 aliphatic heterocycles. The van der Waals surface area contributed by atoms with Gasteiger partial charge in [0.1, 0.15) is 0 Å². The predicted octanol–water partition coefficient (Wildman–Crippen LogP) is 3.24. The number of carbonyl (C=O) groups excluding carboxylic acids is 2. The lowest BCUT2D eigenvalue weighted by molar-refractivity contribution is 0.0861. The topological polar surface area (TPSA) is 89.3 Å². The molecule has 0 atom stereocenters. The van der Waals surface area contributed by atoms with Gasteiger partial charge in [0.2, 0.25) is 0 Å². The highest BCUT2D eigenvalue weighted by Crippen LogP contribution is 2.40. The average Bonchev–Trinajstić information content (AvgIpc) is 3.46. The van der Waals surface area contributed by atoms with Crippen LogP contribution in [0.25, 0.3) is 11.0 Å². The van der Waals surface area contributed by atoms with E-state index in [0.29, 0.717) is 31.2 Å². The highest BCUT2D eigenvalue weighted by Gasteiger charge is 2.29. The summed E-state index contributed by atoms with van der Waals surface area (Å²) in [5.74, 6) is 0.367. The Morgan fingerprint density at radius 3 is 2.59 bits per heavy atom. The first-order valence-electron chi connectivity index (χ1n) is 10.6. The normalized spacial score (nSPS) is 17.7. The van der Waals surface area contributed by atoms with Crippen LogP contribution in [0.4, 0.5) is 4.79 Å². The monoisotopic (exact) mass is 399 g/mol. The van der Waals surface area contributed by atoms with Gasteiger partial charge in [-0.25, -0.2) is 14.5 Å². The first-order chi connectivity index (χ1) is 14.0. The number of carbonyl (C=O) groups is 2. The van der Waals surface area contributed by atoms with Crippen LogP contribution in [-0.2, 0) is 4.74 Å². The minimum atomic E-state index is -0.275. The highest BCUT2D eigenvalue weighted by atomic mass is 16.6. The smallest absolute Gasteiger partial charge is 0.409 e. The van der Waals surface area contributed by atoms with E-state index < -0.39 is 0 Å². The van der Waals surface area contributed by atoms with Crippen molar-refractivity contribution in [2.45, 2.75) is 64.5 Å². The summed E-state index contributed by atoms with van der Waals surface area (Å²) in [7, 11) is 0. The number of nitrogens with one attached hydrogen (secondary N) is 1. The van der Waals surface area contributed by atoms with Gasteiger partial charge in [-0.05, 0) is 52.5 Å². The van der Waals surface area contributed by atoms with Gasteiger partial charge in [0.05, 0.1) is 23.8 Å². The van der Waals surface area contributed by atoms with Crippen LogP contribution in [0.1, 0.15) is 74.5 Å². The molecule has 0 bridgehead atoms. The van der Waals surface area contributed by atoms with Crippen molar-refractivity contribution in [2.24, 2.45) is 0 Å². The molecule has 156 valence electrons. The average molecular weight is 399 g/mol. The third-order valence-electron chi connectivity index (χ3n) is 5.67. The largest absolute Gasteiger partial charge is 0.450 e. The number of rotatable bonds is 5. The zero-order valence-corrected chi connectivity index (χ0v) is 17.4. The molecular formula is C21H29N5O3. The van der Waals surface area contributed by atoms with Crippen LogP contribution in [0.15, 0.2) is 12.3 Å². The highest BCUT2D eigenvalue weighted by molar-refractivity contribution is 6.05. The number of pyridine rings is 1. The molecule has 29 heavy (non-hydrogen) atoms. The molecule has 2 fully saturated rings. The van der Waals surface area contributed by atoms with Crippen molar-refractivity contribution < 1.29 is 14.3 Å². The van der Waals surface area contributed by atoms with Crippen LogP contribution in [0.3, 0.4) is 0 Å². The van der Waals surface area contributed by atoms with Crippen molar-refractivity contribution in [2.75, 3.05) is 19.7 Å². The van der Waals surface area contributed by atoms with E-state index >= 15 is 0 Å². The van der Waals surface area contributed by atoms with Crippen molar-refractivity contribution in [3.05, 3.63) is 23.5 Å². The molecule has 2 aromatic heterocycles. The molecule has 2 aliphatic rings. The molecule has 0 spiro atoms. The molecular weight excluding hydrogens is 370 g/mol. The van der Waals surface area contributed by atoms with Crippen LogP contribution in [0.2, 0.25) is 0 Å². The first-order valence-corrected chi connectivity index (χ1v) is 10.6. The van der Waals surface area contributed by atoms with Crippen LogP contribution < -0.4 is 5.32 Å². The Morgan fingerprint density at radius 2 is 1.97 bits per heavy atom. The third kappa shape index (κ3) is 4.06. The molecule has 1 N–H and O–H groups in total. The minimum absolute atomic E-state index is 0.0425. The number of nitrogens with zero attached hydrogens (tertiary/aromatic N) is 4. The van der Waals surface area contributed by atoms with E-state index in [2.05, 4.69) is 24.3 Å². The van der Waals surface area contributed by atoms with Crippen molar-refractivity contribution in [3.63, 3.8) is 0 Å². The Balaban J connectivity index is 1.51. The summed E-state index contributed by atoms with van der Waals surface area (Å²) in [4.78, 5) is 31.5. The van der Waals surface area contributed by atoms with E-state index in [1.807, 2.05) is 10.7 Å². The van der Waals surface area contributed by atoms with Crippen LogP contribution in [0, 0.1) is 0 Å². The molecule has 8 nitrogen and oxygen atoms in total. The molecule has 3 heterocycles. The molecule has 0 radical (unpaired) electrons. The van der Waals surface area contributed by atoms with Gasteiger partial charge < -0.3 is 15.0 Å². The van der Waals surface area contributed by atoms with Gasteiger partial charge in [-0.15, -0.1) is 0 Å². The van der Waals surface area contributed by atoms with Gasteiger partial charge in [0, 0.05) is 36.8 Å². The molecule has 8 heteroatoms. The molecule has 2 amide bonds. The minimum Gasteiger partial charge on any atom is -0.450 e. The molecule has 0 aromatic carbocycles. The van der Waals surface area contributed by atoms with Gasteiger partial charge in [0.15, 0.2) is 5.65 Å². The third-order valence-corrected chi connectivity index (χ3v) is 5.67. The lowest BCUT2D eigenvalue weighted by Crippen LogP contribution is -2.46. The fourth-order valence-electron chi connectivity index (χ4n) is 3.88. The Kier molecular flexibility index (Phi) is 5.43. The first kappa shape index (κ1) is 19.7. The van der Waals surface area contributed by atoms with Crippen LogP contribution >= 0.6 is 0 Å². The fraction of sp³-hybridized carbons (Fsp3) is 0.619. The van der Waals surface area contributed by atoms with Crippen LogP contribution in [0.5, 0.6) is 0 Å². The molecule has 1 saturated heterocycles. The summed E-state index contributed by atoms with van der Waals surface area (Å²) in [6, 6.07) is 2.16. The Hall–Kier alpha value is -2.64. The number of ether oxygens (including phenoxy) is 1. The maximum atomic E-state index is 13.1. The van der Waals surface area contributed by atoms with Crippen LogP contribution in [-0.4, -0.2) is 57.4 Å². The Bertz CT molecular complexity index is 910. The number of aromatic nitrogens is 3. The number of hydrogen-bond acceptors (Lipinski definition) is 5. The summed E-state index contributed by atoms with van der Waals surface area (Å²) in [5.41, 5.74) is 2.42. The molecule has 1 saturated carbocycles. The predicted molar refractivity (Wildman–Crippen MR) is 109 cm³/mol. The summed E-state index contributed by atoms with van der Waals surface area (Å²) >= 11 is 0. The number of fused-ring (bicyclic) bond motifs is 1. The SMILES string of the molecule is CCOC(=O)N1CCC(NC(=O)c2cc(C3CC3)nc3c2cnn3C(C)C)CC1. The second-order valence-electron chi connectivity index (χ2n) is 8.22. The summed E-state index contributed by atoms with van der Waals surface area (Å²) in [6.07, 6.45) is 5.17. The summed E-state index contributed by atoms with van der Waals surface area (Å²) < 4.78 is 6.95. The van der Waals surface area contributed by atoms with E-state index in [-0.39, 0.29) is 24.1 Å². The lowest BCUT2D eigenvalue weighted by atomic mass is 10.0. The zero-order chi connectivity index (χ0) is 20.5. The van der Waals surface area contributed by atoms with E-state index in [4.69, 9.17) is 9.72 Å². The lowest BCUT2D eigenvalue weighted by Gasteiger charge is -2.31. The van der Waals surface area contributed by atoms with Gasteiger partial charge >= 0.3 is 6.09 Å². The zero-order valence-electron chi connectivity index (χ0n) is 17.4. The van der Waals surface area contributed by atoms with E-state index in [9.17, 15) is 9.59 Å². The standard InChI is InChI=1S/C21H29N5O3/c1-4-29-21(28)25-9-7-15(8-10-25)23-20(27)16-11-18(14-5-6-14)24-19-17(16)12-22-26(19)13(2)3/h11-15H,4-10H2,1-3H3,(H,23,27).